The summed E-state index contributed by atoms with van der Waals surface area (Å²) in [5.41, 5.74) is 0. The summed E-state index contributed by atoms with van der Waals surface area (Å²) in [6.45, 7) is 4.38. The van der Waals surface area contributed by atoms with Gasteiger partial charge in [0.05, 0.1) is 6.58 Å². The van der Waals surface area contributed by atoms with Gasteiger partial charge in [0.15, 0.2) is 0 Å². The molecule has 0 rings (SSSR count). The highest BCUT2D eigenvalue weighted by Gasteiger charge is 2.33. The molecule has 0 amide bonds. The van der Waals surface area contributed by atoms with Gasteiger partial charge in [-0.3, -0.25) is 4.79 Å². The first-order valence-electron chi connectivity index (χ1n) is 2.60. The highest BCUT2D eigenvalue weighted by Crippen LogP contribution is 2.10. The number of carbonyl (C=O) groups excluding carboxylic acids is 1. The first-order valence-corrected chi connectivity index (χ1v) is 2.60. The van der Waals surface area contributed by atoms with Crippen LogP contribution in [-0.2, 0) is 4.79 Å². The van der Waals surface area contributed by atoms with Crippen LogP contribution >= 0.6 is 0 Å². The van der Waals surface area contributed by atoms with Crippen LogP contribution in [-0.4, -0.2) is 18.0 Å². The molecule has 1 N–H and O–H groups in total. The largest absolute Gasteiger partial charge is 0.476 e. The molecule has 0 heterocycles. The number of carbonyl (C=O) groups is 1. The third kappa shape index (κ3) is 2.30. The summed E-state index contributed by atoms with van der Waals surface area (Å²) < 4.78 is 4.27. The fourth-order valence-corrected chi connectivity index (χ4v) is 0.411. The molecule has 4 heteroatoms. The number of hydrogen-bond donors (Lipinski definition) is 1. The Kier molecular flexibility index (Phi) is 3.17. The fraction of sp³-hybridized carbons (Fsp3) is 0.333. The van der Waals surface area contributed by atoms with Gasteiger partial charge in [0.1, 0.15) is 0 Å². The topological polar surface area (TPSA) is 61.0 Å². The number of rotatable bonds is 3. The Balaban J connectivity index is 4.27. The van der Waals surface area contributed by atoms with E-state index in [1.807, 2.05) is 0 Å². The van der Waals surface area contributed by atoms with Gasteiger partial charge in [0.2, 0.25) is 0 Å². The Hall–Kier alpha value is -1.32. The van der Waals surface area contributed by atoms with Crippen LogP contribution in [0.3, 0.4) is 0 Å². The lowest BCUT2D eigenvalue weighted by Crippen LogP contribution is -2.06. The second-order valence-corrected chi connectivity index (χ2v) is 1.63. The van der Waals surface area contributed by atoms with E-state index >= 15 is 0 Å². The van der Waals surface area contributed by atoms with Crippen molar-refractivity contribution in [3.63, 3.8) is 0 Å². The van der Waals surface area contributed by atoms with Crippen LogP contribution in [0.2, 0.25) is 0 Å². The molecule has 0 saturated carbocycles. The van der Waals surface area contributed by atoms with Crippen molar-refractivity contribution in [2.24, 2.45) is 5.18 Å². The van der Waals surface area contributed by atoms with Crippen LogP contribution < -0.4 is 0 Å². The van der Waals surface area contributed by atoms with Crippen molar-refractivity contribution in [2.75, 3.05) is 7.11 Å². The zero-order valence-electron chi connectivity index (χ0n) is 5.92. The van der Waals surface area contributed by atoms with Gasteiger partial charge >= 0.3 is 18.9 Å². The van der Waals surface area contributed by atoms with Crippen LogP contribution in [0.1, 0.15) is 6.92 Å². The summed E-state index contributed by atoms with van der Waals surface area (Å²) in [6.07, 6.45) is 0. The average Bonchev–Trinajstić information content (AvgIpc) is 1.81. The Labute approximate surface area is 58.8 Å². The zero-order valence-corrected chi connectivity index (χ0v) is 5.92. The van der Waals surface area contributed by atoms with Crippen LogP contribution in [0.4, 0.5) is 0 Å². The summed E-state index contributed by atoms with van der Waals surface area (Å²) in [6, 6.07) is -0.150. The molecule has 0 aromatic rings. The molecule has 0 spiro atoms. The minimum atomic E-state index is -0.380. The van der Waals surface area contributed by atoms with E-state index in [-0.39, 0.29) is 17.6 Å². The summed E-state index contributed by atoms with van der Waals surface area (Å²) in [7, 11) is 1.28. The molecule has 0 aromatic heterocycles. The lowest BCUT2D eigenvalue weighted by Gasteiger charge is -1.84. The molecule has 0 bridgehead atoms. The molecular formula is C6H9NO3+2. The minimum Gasteiger partial charge on any atom is -0.476 e. The van der Waals surface area contributed by atoms with Gasteiger partial charge in [-0.2, -0.15) is 0 Å². The molecule has 54 valence electrons. The zero-order chi connectivity index (χ0) is 8.15. The third-order valence-electron chi connectivity index (χ3n) is 0.789. The molecule has 0 aliphatic carbocycles. The van der Waals surface area contributed by atoms with E-state index in [1.165, 1.54) is 14.0 Å². The van der Waals surface area contributed by atoms with E-state index < -0.39 is 0 Å². The lowest BCUT2D eigenvalue weighted by atomic mass is 10.2. The molecule has 0 unspecified atom stereocenters. The van der Waals surface area contributed by atoms with E-state index in [1.54, 1.807) is 0 Å². The number of aliphatic hydroxyl groups is 1. The van der Waals surface area contributed by atoms with Crippen molar-refractivity contribution >= 4 is 5.78 Å². The van der Waals surface area contributed by atoms with Crippen LogP contribution in [0.15, 0.2) is 17.5 Å². The van der Waals surface area contributed by atoms with Crippen molar-refractivity contribution < 1.29 is 9.90 Å². The van der Waals surface area contributed by atoms with Crippen molar-refractivity contribution in [3.8, 4) is 0 Å². The highest BCUT2D eigenvalue weighted by atomic mass is 16.5. The van der Waals surface area contributed by atoms with E-state index in [0.717, 1.165) is 0 Å². The first-order chi connectivity index (χ1) is 4.59. The van der Waals surface area contributed by atoms with Gasteiger partial charge < -0.3 is 5.11 Å². The van der Waals surface area contributed by atoms with Crippen molar-refractivity contribution in [2.45, 2.75) is 6.92 Å². The molecule has 0 fully saturated rings. The van der Waals surface area contributed by atoms with Gasteiger partial charge in [-0.25, -0.2) is 0 Å². The number of aliphatic hydroxyl groups excluding tert-OH is 1. The molecule has 0 aliphatic rings. The van der Waals surface area contributed by atoms with Crippen molar-refractivity contribution in [3.05, 3.63) is 22.9 Å². The SMILES string of the molecule is C=C(O)[C+](N=[O+]C)C(C)=O. The summed E-state index contributed by atoms with van der Waals surface area (Å²) in [5.74, 6) is -0.760. The van der Waals surface area contributed by atoms with Crippen molar-refractivity contribution in [1.29, 1.82) is 0 Å². The molecule has 0 atom stereocenters. The van der Waals surface area contributed by atoms with Gasteiger partial charge in [0, 0.05) is 6.92 Å². The Morgan fingerprint density at radius 2 is 2.30 bits per heavy atom. The number of ketones is 1. The minimum absolute atomic E-state index is 0.150. The molecule has 10 heavy (non-hydrogen) atoms. The van der Waals surface area contributed by atoms with Gasteiger partial charge in [-0.15, -0.1) is 0 Å². The Morgan fingerprint density at radius 3 is 2.40 bits per heavy atom. The predicted octanol–water partition coefficient (Wildman–Crippen LogP) is 1.11. The maximum absolute atomic E-state index is 10.5. The highest BCUT2D eigenvalue weighted by molar-refractivity contribution is 5.92. The maximum atomic E-state index is 10.5. The molecule has 0 aliphatic heterocycles. The van der Waals surface area contributed by atoms with Gasteiger partial charge in [0.25, 0.3) is 11.0 Å². The molecule has 0 radical (unpaired) electrons. The van der Waals surface area contributed by atoms with Crippen molar-refractivity contribution in [1.82, 2.24) is 0 Å². The first kappa shape index (κ1) is 8.68. The smallest absolute Gasteiger partial charge is 0.385 e. The van der Waals surface area contributed by atoms with Gasteiger partial charge in [-0.1, -0.05) is 4.54 Å². The molecule has 0 saturated heterocycles. The number of Topliss-reactive ketones (excluding diaryl/α,β-unsaturated/α-hetero) is 1. The second-order valence-electron chi connectivity index (χ2n) is 1.63. The van der Waals surface area contributed by atoms with E-state index in [2.05, 4.69) is 16.3 Å². The predicted molar refractivity (Wildman–Crippen MR) is 37.4 cm³/mol. The third-order valence-corrected chi connectivity index (χ3v) is 0.789. The summed E-state index contributed by atoms with van der Waals surface area (Å²) in [5, 5.41) is 11.9. The number of hydrogen-bond acceptors (Lipinski definition) is 3. The van der Waals surface area contributed by atoms with E-state index in [9.17, 15) is 4.79 Å². The van der Waals surface area contributed by atoms with Crippen LogP contribution in [0.5, 0.6) is 0 Å². The quantitative estimate of drug-likeness (QED) is 0.365. The molecule has 0 aromatic carbocycles. The van der Waals surface area contributed by atoms with Gasteiger partial charge in [-0.05, 0) is 0 Å². The summed E-state index contributed by atoms with van der Waals surface area (Å²) >= 11 is 0. The van der Waals surface area contributed by atoms with E-state index in [0.29, 0.717) is 0 Å². The number of nitrogens with zero attached hydrogens (tertiary/aromatic N) is 1. The van der Waals surface area contributed by atoms with Crippen LogP contribution in [0, 0.1) is 10.6 Å². The maximum Gasteiger partial charge on any atom is 0.385 e. The van der Waals surface area contributed by atoms with E-state index in [4.69, 9.17) is 5.11 Å². The fourth-order valence-electron chi connectivity index (χ4n) is 0.411. The lowest BCUT2D eigenvalue weighted by molar-refractivity contribution is -0.115. The Bertz CT molecular complexity index is 160. The normalized spacial score (nSPS) is 9.80. The molecule has 4 nitrogen and oxygen atoms in total. The standard InChI is InChI=1S/C6H8NO3/c1-4(8)6(5(2)9)7-10-3/h1H2,2-3H3/q+1/p+1. The summed E-state index contributed by atoms with van der Waals surface area (Å²) in [4.78, 5) is 10.5. The Morgan fingerprint density at radius 1 is 1.80 bits per heavy atom. The molecular weight excluding hydrogens is 134 g/mol. The number of nitroso groups, excluding NO2 is 1. The van der Waals surface area contributed by atoms with Crippen LogP contribution in [0.25, 0.3) is 0 Å². The second kappa shape index (κ2) is 3.66. The monoisotopic (exact) mass is 143 g/mol. The average molecular weight is 143 g/mol.